The molecule has 5 aromatic carbocycles. The molecule has 8 heteroatoms. The molecule has 0 bridgehead atoms. The molecule has 0 fully saturated rings. The highest BCUT2D eigenvalue weighted by atomic mass is 79.9. The van der Waals surface area contributed by atoms with E-state index in [2.05, 4.69) is 31.9 Å². The molecule has 0 unspecified atom stereocenters. The van der Waals surface area contributed by atoms with E-state index in [1.807, 2.05) is 62.4 Å². The molecule has 198 valence electrons. The molecule has 0 heterocycles. The van der Waals surface area contributed by atoms with Gasteiger partial charge in [0.2, 0.25) is 0 Å². The standard InChI is InChI=1S/C31H18Br2F6/c1-15-3-7-17(8-4-15)19-11-21-22-12-20(18-9-5-16(2)6-10-18)26(33)14-24(22)28-27(23(21)13-25(19)32)29(34,35)31(38,39)30(28,36)37/h3-14H,1-2H3. The van der Waals surface area contributed by atoms with Gasteiger partial charge in [-0.15, -0.1) is 0 Å². The van der Waals surface area contributed by atoms with Crippen LogP contribution in [0.5, 0.6) is 0 Å². The van der Waals surface area contributed by atoms with Crippen LogP contribution in [0.3, 0.4) is 0 Å². The number of rotatable bonds is 2. The van der Waals surface area contributed by atoms with E-state index < -0.39 is 28.9 Å². The fourth-order valence-corrected chi connectivity index (χ4v) is 6.49. The smallest absolute Gasteiger partial charge is 0.194 e. The summed E-state index contributed by atoms with van der Waals surface area (Å²) in [5, 5.41) is -0.341. The van der Waals surface area contributed by atoms with Gasteiger partial charge in [-0.25, -0.2) is 0 Å². The van der Waals surface area contributed by atoms with Crippen molar-refractivity contribution in [1.29, 1.82) is 0 Å². The molecule has 0 aliphatic heterocycles. The molecule has 0 spiro atoms. The van der Waals surface area contributed by atoms with Gasteiger partial charge in [0.05, 0.1) is 0 Å². The number of hydrogen-bond donors (Lipinski definition) is 0. The van der Waals surface area contributed by atoms with E-state index in [4.69, 9.17) is 0 Å². The molecule has 5 aromatic rings. The lowest BCUT2D eigenvalue weighted by atomic mass is 9.88. The minimum atomic E-state index is -5.60. The fourth-order valence-electron chi connectivity index (χ4n) is 5.35. The lowest BCUT2D eigenvalue weighted by Crippen LogP contribution is -2.43. The predicted molar refractivity (Wildman–Crippen MR) is 150 cm³/mol. The van der Waals surface area contributed by atoms with E-state index in [1.54, 1.807) is 12.1 Å². The molecular weight excluding hydrogens is 646 g/mol. The largest absolute Gasteiger partial charge is 0.380 e. The summed E-state index contributed by atoms with van der Waals surface area (Å²) in [6.45, 7) is 3.84. The molecule has 6 rings (SSSR count). The summed E-state index contributed by atoms with van der Waals surface area (Å²) in [4.78, 5) is 0. The average molecular weight is 664 g/mol. The van der Waals surface area contributed by atoms with Crippen LogP contribution in [0.2, 0.25) is 0 Å². The van der Waals surface area contributed by atoms with Crippen molar-refractivity contribution < 1.29 is 26.3 Å². The first-order valence-electron chi connectivity index (χ1n) is 12.0. The summed E-state index contributed by atoms with van der Waals surface area (Å²) in [6.07, 6.45) is 0. The normalized spacial score (nSPS) is 17.1. The van der Waals surface area contributed by atoms with Gasteiger partial charge in [-0.2, -0.15) is 26.3 Å². The van der Waals surface area contributed by atoms with E-state index in [0.717, 1.165) is 22.3 Å². The van der Waals surface area contributed by atoms with Crippen molar-refractivity contribution >= 4 is 53.4 Å². The van der Waals surface area contributed by atoms with Crippen LogP contribution in [0.15, 0.2) is 81.7 Å². The van der Waals surface area contributed by atoms with Crippen molar-refractivity contribution in [2.75, 3.05) is 0 Å². The Morgan fingerprint density at radius 3 is 1.15 bits per heavy atom. The Hall–Kier alpha value is -2.84. The Kier molecular flexibility index (Phi) is 5.80. The highest BCUT2D eigenvalue weighted by Crippen LogP contribution is 2.66. The van der Waals surface area contributed by atoms with E-state index in [9.17, 15) is 8.78 Å². The highest BCUT2D eigenvalue weighted by Gasteiger charge is 2.80. The average Bonchev–Trinajstić information content (AvgIpc) is 2.98. The second kappa shape index (κ2) is 8.58. The minimum absolute atomic E-state index is 0.177. The summed E-state index contributed by atoms with van der Waals surface area (Å²) in [6, 6.07) is 20.6. The maximum atomic E-state index is 15.3. The first-order chi connectivity index (χ1) is 18.3. The molecule has 0 radical (unpaired) electrons. The van der Waals surface area contributed by atoms with Crippen molar-refractivity contribution in [3.05, 3.63) is 104 Å². The topological polar surface area (TPSA) is 0 Å². The van der Waals surface area contributed by atoms with E-state index >= 15 is 17.6 Å². The molecule has 0 saturated heterocycles. The van der Waals surface area contributed by atoms with Gasteiger partial charge in [-0.1, -0.05) is 91.5 Å². The van der Waals surface area contributed by atoms with Crippen LogP contribution in [0.4, 0.5) is 26.3 Å². The third-order valence-electron chi connectivity index (χ3n) is 7.44. The molecular formula is C31H18Br2F6. The third kappa shape index (κ3) is 3.63. The van der Waals surface area contributed by atoms with Crippen LogP contribution in [0.1, 0.15) is 22.3 Å². The second-order valence-corrected chi connectivity index (χ2v) is 11.7. The predicted octanol–water partition coefficient (Wildman–Crippen LogP) is 11.3. The zero-order valence-electron chi connectivity index (χ0n) is 20.5. The van der Waals surface area contributed by atoms with Crippen molar-refractivity contribution in [1.82, 2.24) is 0 Å². The van der Waals surface area contributed by atoms with Crippen LogP contribution in [-0.4, -0.2) is 5.92 Å². The number of aryl methyl sites for hydroxylation is 2. The molecule has 0 atom stereocenters. The lowest BCUT2D eigenvalue weighted by molar-refractivity contribution is -0.301. The van der Waals surface area contributed by atoms with Crippen molar-refractivity contribution in [2.45, 2.75) is 31.6 Å². The molecule has 1 aliphatic rings. The van der Waals surface area contributed by atoms with Crippen LogP contribution in [0.25, 0.3) is 43.8 Å². The third-order valence-corrected chi connectivity index (χ3v) is 8.75. The van der Waals surface area contributed by atoms with Crippen molar-refractivity contribution in [3.8, 4) is 22.3 Å². The fraction of sp³-hybridized carbons (Fsp3) is 0.161. The zero-order chi connectivity index (χ0) is 28.1. The van der Waals surface area contributed by atoms with Crippen LogP contribution >= 0.6 is 31.9 Å². The first kappa shape index (κ1) is 26.4. The van der Waals surface area contributed by atoms with E-state index in [1.165, 1.54) is 12.1 Å². The Bertz CT molecular complexity index is 1670. The number of benzene rings is 5. The van der Waals surface area contributed by atoms with Gasteiger partial charge in [0.1, 0.15) is 0 Å². The van der Waals surface area contributed by atoms with Gasteiger partial charge >= 0.3 is 17.8 Å². The summed E-state index contributed by atoms with van der Waals surface area (Å²) in [5.41, 5.74) is 2.07. The minimum Gasteiger partial charge on any atom is -0.194 e. The molecule has 0 amide bonds. The Morgan fingerprint density at radius 2 is 0.821 bits per heavy atom. The van der Waals surface area contributed by atoms with E-state index in [0.29, 0.717) is 20.1 Å². The van der Waals surface area contributed by atoms with Gasteiger partial charge in [0.15, 0.2) is 0 Å². The first-order valence-corrected chi connectivity index (χ1v) is 13.5. The highest BCUT2D eigenvalue weighted by molar-refractivity contribution is 9.11. The molecule has 0 saturated carbocycles. The maximum Gasteiger partial charge on any atom is 0.380 e. The van der Waals surface area contributed by atoms with Gasteiger partial charge in [-0.3, -0.25) is 0 Å². The van der Waals surface area contributed by atoms with Crippen molar-refractivity contribution in [3.63, 3.8) is 0 Å². The van der Waals surface area contributed by atoms with Gasteiger partial charge in [0.25, 0.3) is 0 Å². The maximum absolute atomic E-state index is 15.3. The molecule has 0 aromatic heterocycles. The number of hydrogen-bond acceptors (Lipinski definition) is 0. The Morgan fingerprint density at radius 1 is 0.487 bits per heavy atom. The molecule has 0 nitrogen and oxygen atoms in total. The quantitative estimate of drug-likeness (QED) is 0.130. The summed E-state index contributed by atoms with van der Waals surface area (Å²) in [5.74, 6) is -15.8. The number of fused-ring (bicyclic) bond motifs is 6. The van der Waals surface area contributed by atoms with Gasteiger partial charge in [0, 0.05) is 20.1 Å². The van der Waals surface area contributed by atoms with Crippen LogP contribution in [0, 0.1) is 13.8 Å². The lowest BCUT2D eigenvalue weighted by Gasteiger charge is -2.23. The number of halogens is 8. The summed E-state index contributed by atoms with van der Waals surface area (Å²) < 4.78 is 91.4. The molecule has 0 N–H and O–H groups in total. The number of alkyl halides is 6. The van der Waals surface area contributed by atoms with Crippen LogP contribution in [-0.2, 0) is 11.8 Å². The van der Waals surface area contributed by atoms with Crippen molar-refractivity contribution in [2.24, 2.45) is 0 Å². The molecule has 1 aliphatic carbocycles. The van der Waals surface area contributed by atoms with Gasteiger partial charge < -0.3 is 0 Å². The Balaban J connectivity index is 1.80. The summed E-state index contributed by atoms with van der Waals surface area (Å²) in [7, 11) is 0. The Labute approximate surface area is 236 Å². The van der Waals surface area contributed by atoms with E-state index in [-0.39, 0.29) is 21.5 Å². The van der Waals surface area contributed by atoms with Crippen LogP contribution < -0.4 is 0 Å². The molecule has 39 heavy (non-hydrogen) atoms. The monoisotopic (exact) mass is 662 g/mol. The zero-order valence-corrected chi connectivity index (χ0v) is 23.6. The SMILES string of the molecule is Cc1ccc(-c2cc3c(cc2Br)c2c(c4cc(Br)c(-c5ccc(C)cc5)cc43)C(F)(F)C(F)(F)C2(F)F)cc1. The van der Waals surface area contributed by atoms with Gasteiger partial charge in [-0.05, 0) is 81.9 Å². The second-order valence-electron chi connectivity index (χ2n) is 9.96. The summed E-state index contributed by atoms with van der Waals surface area (Å²) >= 11 is 6.76.